The second-order valence-electron chi connectivity index (χ2n) is 5.62. The van der Waals surface area contributed by atoms with E-state index in [1.165, 1.54) is 23.1 Å². The molecule has 0 spiro atoms. The van der Waals surface area contributed by atoms with Gasteiger partial charge in [0.15, 0.2) is 4.34 Å². The number of nitrogens with two attached hydrogens (primary N) is 1. The fourth-order valence-corrected chi connectivity index (χ4v) is 4.27. The summed E-state index contributed by atoms with van der Waals surface area (Å²) in [6.07, 6.45) is 0. The van der Waals surface area contributed by atoms with E-state index >= 15 is 0 Å². The number of benzene rings is 1. The Balaban J connectivity index is 1.98. The molecule has 148 valence electrons. The van der Waals surface area contributed by atoms with Crippen molar-refractivity contribution in [1.82, 2.24) is 20.8 Å². The van der Waals surface area contributed by atoms with E-state index in [1.54, 1.807) is 32.2 Å². The second-order valence-corrected chi connectivity index (χ2v) is 7.85. The van der Waals surface area contributed by atoms with Crippen LogP contribution in [-0.2, 0) is 9.53 Å². The first kappa shape index (κ1) is 20.0. The van der Waals surface area contributed by atoms with Gasteiger partial charge in [-0.25, -0.2) is 9.59 Å². The molecule has 2 heterocycles. The standard InChI is InChI=1S/C17H19N5O4S2/c1-3-26-14(23)12-11(8-27-17-22-21-15(18)28-17)19-16(24)20-13(12)9-5-4-6-10(7-9)25-2/h4-7,13H,3,8H2,1-2H3,(H2,18,21)(H2,19,20,24). The van der Waals surface area contributed by atoms with Crippen molar-refractivity contribution in [1.29, 1.82) is 0 Å². The third kappa shape index (κ3) is 4.54. The third-order valence-corrected chi connectivity index (χ3v) is 5.75. The van der Waals surface area contributed by atoms with Gasteiger partial charge in [0.2, 0.25) is 5.13 Å². The highest BCUT2D eigenvalue weighted by molar-refractivity contribution is 8.01. The fraction of sp³-hybridized carbons (Fsp3) is 0.294. The number of ether oxygens (including phenoxy) is 2. The molecule has 11 heteroatoms. The number of hydrogen-bond donors (Lipinski definition) is 3. The number of thioether (sulfide) groups is 1. The average Bonchev–Trinajstić information content (AvgIpc) is 3.11. The van der Waals surface area contributed by atoms with Crippen LogP contribution in [0.1, 0.15) is 18.5 Å². The lowest BCUT2D eigenvalue weighted by Gasteiger charge is -2.29. The minimum Gasteiger partial charge on any atom is -0.497 e. The first-order chi connectivity index (χ1) is 13.5. The zero-order valence-corrected chi connectivity index (χ0v) is 16.9. The molecule has 0 saturated heterocycles. The Labute approximate surface area is 169 Å². The number of carbonyl (C=O) groups excluding carboxylic acids is 2. The van der Waals surface area contributed by atoms with Crippen LogP contribution in [0.3, 0.4) is 0 Å². The molecule has 2 aromatic rings. The van der Waals surface area contributed by atoms with Crippen molar-refractivity contribution in [2.45, 2.75) is 17.3 Å². The average molecular weight is 422 g/mol. The summed E-state index contributed by atoms with van der Waals surface area (Å²) in [5.74, 6) is 0.417. The molecule has 0 fully saturated rings. The molecule has 1 unspecified atom stereocenters. The highest BCUT2D eigenvalue weighted by Gasteiger charge is 2.34. The SMILES string of the molecule is CCOC(=O)C1=C(CSc2nnc(N)s2)NC(=O)NC1c1cccc(OC)c1. The topological polar surface area (TPSA) is 128 Å². The molecule has 0 bridgehead atoms. The van der Waals surface area contributed by atoms with Crippen molar-refractivity contribution in [2.24, 2.45) is 0 Å². The van der Waals surface area contributed by atoms with Crippen LogP contribution in [0.5, 0.6) is 5.75 Å². The van der Waals surface area contributed by atoms with Gasteiger partial charge in [-0.3, -0.25) is 0 Å². The normalized spacial score (nSPS) is 16.4. The van der Waals surface area contributed by atoms with E-state index in [-0.39, 0.29) is 6.61 Å². The molecule has 1 aliphatic heterocycles. The van der Waals surface area contributed by atoms with E-state index in [9.17, 15) is 9.59 Å². The van der Waals surface area contributed by atoms with Gasteiger partial charge in [-0.05, 0) is 24.6 Å². The zero-order chi connectivity index (χ0) is 20.1. The Hall–Kier alpha value is -2.79. The summed E-state index contributed by atoms with van der Waals surface area (Å²) in [5.41, 5.74) is 7.10. The molecule has 1 aliphatic rings. The summed E-state index contributed by atoms with van der Waals surface area (Å²) >= 11 is 2.56. The van der Waals surface area contributed by atoms with E-state index in [2.05, 4.69) is 20.8 Å². The molecule has 0 saturated carbocycles. The number of nitrogens with one attached hydrogen (secondary N) is 2. The zero-order valence-electron chi connectivity index (χ0n) is 15.2. The summed E-state index contributed by atoms with van der Waals surface area (Å²) in [6.45, 7) is 1.95. The minimum absolute atomic E-state index is 0.217. The van der Waals surface area contributed by atoms with Gasteiger partial charge in [0, 0.05) is 11.4 Å². The highest BCUT2D eigenvalue weighted by atomic mass is 32.2. The summed E-state index contributed by atoms with van der Waals surface area (Å²) < 4.78 is 11.1. The number of urea groups is 1. The van der Waals surface area contributed by atoms with Crippen molar-refractivity contribution < 1.29 is 19.1 Å². The van der Waals surface area contributed by atoms with Gasteiger partial charge >= 0.3 is 12.0 Å². The maximum atomic E-state index is 12.7. The number of methoxy groups -OCH3 is 1. The van der Waals surface area contributed by atoms with Crippen LogP contribution >= 0.6 is 23.1 Å². The third-order valence-electron chi connectivity index (χ3n) is 3.84. The quantitative estimate of drug-likeness (QED) is 0.458. The lowest BCUT2D eigenvalue weighted by atomic mass is 9.95. The summed E-state index contributed by atoms with van der Waals surface area (Å²) in [6, 6.07) is 6.09. The minimum atomic E-state index is -0.669. The molecule has 28 heavy (non-hydrogen) atoms. The number of esters is 1. The molecule has 1 aromatic carbocycles. The van der Waals surface area contributed by atoms with Crippen molar-refractivity contribution in [2.75, 3.05) is 25.2 Å². The number of amides is 2. The second kappa shape index (κ2) is 8.93. The van der Waals surface area contributed by atoms with Crippen LogP contribution in [0, 0.1) is 0 Å². The molecule has 1 atom stereocenters. The van der Waals surface area contributed by atoms with Crippen LogP contribution in [0.2, 0.25) is 0 Å². The van der Waals surface area contributed by atoms with Crippen LogP contribution < -0.4 is 21.1 Å². The maximum absolute atomic E-state index is 12.7. The van der Waals surface area contributed by atoms with Crippen LogP contribution in [0.15, 0.2) is 39.9 Å². The van der Waals surface area contributed by atoms with Gasteiger partial charge in [-0.15, -0.1) is 10.2 Å². The number of hydrogen-bond acceptors (Lipinski definition) is 9. The predicted molar refractivity (Wildman–Crippen MR) is 106 cm³/mol. The first-order valence-electron chi connectivity index (χ1n) is 8.35. The molecule has 1 aromatic heterocycles. The monoisotopic (exact) mass is 421 g/mol. The van der Waals surface area contributed by atoms with Gasteiger partial charge in [0.1, 0.15) is 5.75 Å². The number of nitrogen functional groups attached to an aromatic ring is 1. The Morgan fingerprint density at radius 1 is 1.39 bits per heavy atom. The van der Waals surface area contributed by atoms with E-state index < -0.39 is 18.0 Å². The fourth-order valence-electron chi connectivity index (χ4n) is 2.67. The van der Waals surface area contributed by atoms with Crippen molar-refractivity contribution in [3.05, 3.63) is 41.1 Å². The van der Waals surface area contributed by atoms with Gasteiger partial charge in [-0.1, -0.05) is 35.2 Å². The number of anilines is 1. The van der Waals surface area contributed by atoms with E-state index in [4.69, 9.17) is 15.2 Å². The molecular formula is C17H19N5O4S2. The molecule has 0 radical (unpaired) electrons. The first-order valence-corrected chi connectivity index (χ1v) is 10.2. The predicted octanol–water partition coefficient (Wildman–Crippen LogP) is 2.09. The highest BCUT2D eigenvalue weighted by Crippen LogP contribution is 2.32. The van der Waals surface area contributed by atoms with E-state index in [0.29, 0.717) is 37.8 Å². The van der Waals surface area contributed by atoms with Crippen LogP contribution in [0.25, 0.3) is 0 Å². The summed E-state index contributed by atoms with van der Waals surface area (Å²) in [4.78, 5) is 25.0. The largest absolute Gasteiger partial charge is 0.497 e. The van der Waals surface area contributed by atoms with Gasteiger partial charge in [0.25, 0.3) is 0 Å². The van der Waals surface area contributed by atoms with Crippen molar-refractivity contribution in [3.63, 3.8) is 0 Å². The van der Waals surface area contributed by atoms with Crippen molar-refractivity contribution in [3.8, 4) is 5.75 Å². The lowest BCUT2D eigenvalue weighted by Crippen LogP contribution is -2.46. The number of nitrogens with zero attached hydrogens (tertiary/aromatic N) is 2. The van der Waals surface area contributed by atoms with Crippen LogP contribution in [0.4, 0.5) is 9.93 Å². The Morgan fingerprint density at radius 2 is 2.21 bits per heavy atom. The molecule has 4 N–H and O–H groups in total. The molecular weight excluding hydrogens is 402 g/mol. The van der Waals surface area contributed by atoms with Gasteiger partial charge in [-0.2, -0.15) is 0 Å². The van der Waals surface area contributed by atoms with Crippen molar-refractivity contribution >= 4 is 40.2 Å². The molecule has 0 aliphatic carbocycles. The Bertz CT molecular complexity index is 914. The molecule has 3 rings (SSSR count). The number of aromatic nitrogens is 2. The maximum Gasteiger partial charge on any atom is 0.338 e. The summed E-state index contributed by atoms with van der Waals surface area (Å²) in [5, 5.41) is 13.6. The van der Waals surface area contributed by atoms with Crippen LogP contribution in [-0.4, -0.2) is 41.7 Å². The molecule has 2 amide bonds. The van der Waals surface area contributed by atoms with E-state index in [0.717, 1.165) is 0 Å². The Morgan fingerprint density at radius 3 is 2.89 bits per heavy atom. The van der Waals surface area contributed by atoms with E-state index in [1.807, 2.05) is 6.07 Å². The summed E-state index contributed by atoms with van der Waals surface area (Å²) in [7, 11) is 1.55. The number of carbonyl (C=O) groups is 2. The number of rotatable bonds is 7. The smallest absolute Gasteiger partial charge is 0.338 e. The molecule has 9 nitrogen and oxygen atoms in total. The lowest BCUT2D eigenvalue weighted by molar-refractivity contribution is -0.139. The van der Waals surface area contributed by atoms with Gasteiger partial charge in [0.05, 0.1) is 25.3 Å². The Kier molecular flexibility index (Phi) is 6.37. The van der Waals surface area contributed by atoms with Gasteiger partial charge < -0.3 is 25.8 Å².